The van der Waals surface area contributed by atoms with E-state index in [4.69, 9.17) is 4.98 Å². The number of hydrogen-bond acceptors (Lipinski definition) is 5. The Bertz CT molecular complexity index is 996. The lowest BCUT2D eigenvalue weighted by molar-refractivity contribution is -0.130. The number of thiazole rings is 1. The van der Waals surface area contributed by atoms with Crippen molar-refractivity contribution in [3.8, 4) is 0 Å². The van der Waals surface area contributed by atoms with Gasteiger partial charge in [0.25, 0.3) is 0 Å². The number of rotatable bonds is 5. The maximum Gasteiger partial charge on any atom is 0.227 e. The van der Waals surface area contributed by atoms with Crippen LogP contribution >= 0.6 is 23.1 Å². The van der Waals surface area contributed by atoms with Gasteiger partial charge in [0.2, 0.25) is 5.91 Å². The number of aromatic nitrogens is 1. The number of piperazine rings is 1. The Morgan fingerprint density at radius 3 is 2.33 bits per heavy atom. The summed E-state index contributed by atoms with van der Waals surface area (Å²) >= 11 is 3.62. The molecule has 4 nitrogen and oxygen atoms in total. The zero-order chi connectivity index (χ0) is 21.3. The summed E-state index contributed by atoms with van der Waals surface area (Å²) in [5, 5.41) is 1.64. The number of fused-ring (bicyclic) bond motifs is 1. The summed E-state index contributed by atoms with van der Waals surface area (Å²) < 4.78 is 1.28. The summed E-state index contributed by atoms with van der Waals surface area (Å²) in [5.74, 6) is 0.218. The molecule has 4 rings (SSSR count). The van der Waals surface area contributed by atoms with Crippen molar-refractivity contribution in [3.05, 3.63) is 53.1 Å². The summed E-state index contributed by atoms with van der Waals surface area (Å²) in [6, 6.07) is 12.7. The molecule has 1 aliphatic rings. The highest BCUT2D eigenvalue weighted by Gasteiger charge is 2.23. The van der Waals surface area contributed by atoms with E-state index >= 15 is 0 Å². The molecule has 0 bridgehead atoms. The van der Waals surface area contributed by atoms with Crippen molar-refractivity contribution in [2.75, 3.05) is 31.1 Å². The molecule has 0 unspecified atom stereocenters. The SMILES string of the molecule is Cc1ccc(C)c2sc(N3CCN(C(=O)Cc4ccc(SC(C)C)cc4)CC3)nc12. The highest BCUT2D eigenvalue weighted by atomic mass is 32.2. The van der Waals surface area contributed by atoms with E-state index in [2.05, 4.69) is 69.0 Å². The van der Waals surface area contributed by atoms with E-state index in [1.807, 2.05) is 16.7 Å². The predicted molar refractivity (Wildman–Crippen MR) is 129 cm³/mol. The van der Waals surface area contributed by atoms with E-state index in [1.54, 1.807) is 11.3 Å². The van der Waals surface area contributed by atoms with Gasteiger partial charge >= 0.3 is 0 Å². The van der Waals surface area contributed by atoms with Gasteiger partial charge in [-0.15, -0.1) is 11.8 Å². The van der Waals surface area contributed by atoms with Gasteiger partial charge < -0.3 is 9.80 Å². The van der Waals surface area contributed by atoms with Crippen LogP contribution in [-0.4, -0.2) is 47.2 Å². The molecule has 2 heterocycles. The van der Waals surface area contributed by atoms with Crippen LogP contribution in [0.3, 0.4) is 0 Å². The third-order valence-electron chi connectivity index (χ3n) is 5.48. The highest BCUT2D eigenvalue weighted by molar-refractivity contribution is 7.99. The van der Waals surface area contributed by atoms with Crippen LogP contribution in [0.15, 0.2) is 41.3 Å². The Hall–Kier alpha value is -2.05. The van der Waals surface area contributed by atoms with E-state index in [1.165, 1.54) is 20.7 Å². The number of thioether (sulfide) groups is 1. The zero-order valence-corrected chi connectivity index (χ0v) is 19.8. The first kappa shape index (κ1) is 21.2. The average molecular weight is 440 g/mol. The number of aryl methyl sites for hydroxylation is 2. The van der Waals surface area contributed by atoms with Crippen molar-refractivity contribution in [2.45, 2.75) is 44.3 Å². The number of amides is 1. The van der Waals surface area contributed by atoms with E-state index in [-0.39, 0.29) is 5.91 Å². The molecule has 1 aliphatic heterocycles. The standard InChI is InChI=1S/C24H29N3OS2/c1-16(2)29-20-9-7-19(8-10-20)15-21(28)26-11-13-27(14-12-26)24-25-22-17(3)5-6-18(4)23(22)30-24/h5-10,16H,11-15H2,1-4H3. The Morgan fingerprint density at radius 2 is 1.70 bits per heavy atom. The number of nitrogens with zero attached hydrogens (tertiary/aromatic N) is 3. The van der Waals surface area contributed by atoms with Gasteiger partial charge in [-0.3, -0.25) is 4.79 Å². The molecule has 1 fully saturated rings. The second kappa shape index (κ2) is 8.98. The molecular formula is C24H29N3OS2. The molecule has 0 atom stereocenters. The fraction of sp³-hybridized carbons (Fsp3) is 0.417. The summed E-state index contributed by atoms with van der Waals surface area (Å²) in [4.78, 5) is 23.3. The fourth-order valence-corrected chi connectivity index (χ4v) is 5.78. The minimum absolute atomic E-state index is 0.218. The van der Waals surface area contributed by atoms with Crippen molar-refractivity contribution in [3.63, 3.8) is 0 Å². The lowest BCUT2D eigenvalue weighted by Crippen LogP contribution is -2.49. The summed E-state index contributed by atoms with van der Waals surface area (Å²) in [5.41, 5.74) is 4.72. The monoisotopic (exact) mass is 439 g/mol. The topological polar surface area (TPSA) is 36.4 Å². The van der Waals surface area contributed by atoms with Gasteiger partial charge in [0.1, 0.15) is 0 Å². The van der Waals surface area contributed by atoms with Gasteiger partial charge in [0, 0.05) is 36.3 Å². The number of anilines is 1. The van der Waals surface area contributed by atoms with E-state index < -0.39 is 0 Å². The van der Waals surface area contributed by atoms with Gasteiger partial charge in [-0.25, -0.2) is 4.98 Å². The number of carbonyl (C=O) groups is 1. The van der Waals surface area contributed by atoms with Gasteiger partial charge in [-0.2, -0.15) is 0 Å². The van der Waals surface area contributed by atoms with Crippen LogP contribution in [-0.2, 0) is 11.2 Å². The molecule has 30 heavy (non-hydrogen) atoms. The zero-order valence-electron chi connectivity index (χ0n) is 18.1. The van der Waals surface area contributed by atoms with Gasteiger partial charge in [0.15, 0.2) is 5.13 Å². The van der Waals surface area contributed by atoms with Crippen LogP contribution in [0.4, 0.5) is 5.13 Å². The predicted octanol–water partition coefficient (Wildman–Crippen LogP) is 5.30. The molecule has 0 radical (unpaired) electrons. The van der Waals surface area contributed by atoms with Crippen molar-refractivity contribution < 1.29 is 4.79 Å². The van der Waals surface area contributed by atoms with Crippen molar-refractivity contribution in [1.29, 1.82) is 0 Å². The maximum atomic E-state index is 12.8. The number of carbonyl (C=O) groups excluding carboxylic acids is 1. The van der Waals surface area contributed by atoms with E-state index in [0.29, 0.717) is 11.7 Å². The normalized spacial score (nSPS) is 14.7. The molecule has 158 valence electrons. The molecule has 0 N–H and O–H groups in total. The fourth-order valence-electron chi connectivity index (χ4n) is 3.77. The molecule has 1 saturated heterocycles. The van der Waals surface area contributed by atoms with E-state index in [9.17, 15) is 4.79 Å². The number of benzene rings is 2. The summed E-state index contributed by atoms with van der Waals surface area (Å²) in [6.07, 6.45) is 0.478. The second-order valence-corrected chi connectivity index (χ2v) is 10.9. The highest BCUT2D eigenvalue weighted by Crippen LogP contribution is 2.33. The van der Waals surface area contributed by atoms with Gasteiger partial charge in [-0.05, 0) is 42.7 Å². The van der Waals surface area contributed by atoms with E-state index in [0.717, 1.165) is 42.4 Å². The maximum absolute atomic E-state index is 12.8. The lowest BCUT2D eigenvalue weighted by Gasteiger charge is -2.34. The molecule has 0 spiro atoms. The van der Waals surface area contributed by atoms with Crippen molar-refractivity contribution in [1.82, 2.24) is 9.88 Å². The van der Waals surface area contributed by atoms with Crippen LogP contribution in [0.5, 0.6) is 0 Å². The van der Waals surface area contributed by atoms with Crippen LogP contribution in [0, 0.1) is 13.8 Å². The third kappa shape index (κ3) is 4.65. The van der Waals surface area contributed by atoms with Gasteiger partial charge in [-0.1, -0.05) is 49.4 Å². The Labute approximate surface area is 187 Å². The first-order chi connectivity index (χ1) is 14.4. The molecule has 1 amide bonds. The van der Waals surface area contributed by atoms with Crippen molar-refractivity contribution in [2.24, 2.45) is 0 Å². The van der Waals surface area contributed by atoms with Crippen LogP contribution in [0.1, 0.15) is 30.5 Å². The Morgan fingerprint density at radius 1 is 1.03 bits per heavy atom. The van der Waals surface area contributed by atoms with Crippen LogP contribution < -0.4 is 4.90 Å². The molecule has 3 aromatic rings. The second-order valence-electron chi connectivity index (χ2n) is 8.23. The molecule has 1 aromatic heterocycles. The lowest BCUT2D eigenvalue weighted by atomic mass is 10.1. The summed E-state index contributed by atoms with van der Waals surface area (Å²) in [6.45, 7) is 11.9. The summed E-state index contributed by atoms with van der Waals surface area (Å²) in [7, 11) is 0. The van der Waals surface area contributed by atoms with Crippen LogP contribution in [0.25, 0.3) is 10.2 Å². The minimum atomic E-state index is 0.218. The first-order valence-electron chi connectivity index (χ1n) is 10.6. The molecular weight excluding hydrogens is 410 g/mol. The number of hydrogen-bond donors (Lipinski definition) is 0. The van der Waals surface area contributed by atoms with Crippen molar-refractivity contribution >= 4 is 44.4 Å². The Balaban J connectivity index is 1.35. The minimum Gasteiger partial charge on any atom is -0.345 e. The Kier molecular flexibility index (Phi) is 6.34. The first-order valence-corrected chi connectivity index (χ1v) is 12.3. The third-order valence-corrected chi connectivity index (χ3v) is 7.75. The molecule has 0 saturated carbocycles. The quantitative estimate of drug-likeness (QED) is 0.505. The molecule has 2 aromatic carbocycles. The van der Waals surface area contributed by atoms with Gasteiger partial charge in [0.05, 0.1) is 16.6 Å². The molecule has 0 aliphatic carbocycles. The molecule has 6 heteroatoms. The largest absolute Gasteiger partial charge is 0.345 e. The smallest absolute Gasteiger partial charge is 0.227 e. The van der Waals surface area contributed by atoms with Crippen LogP contribution in [0.2, 0.25) is 0 Å². The average Bonchev–Trinajstić information content (AvgIpc) is 3.19.